The van der Waals surface area contributed by atoms with Crippen LogP contribution in [0.2, 0.25) is 0 Å². The second kappa shape index (κ2) is 12.6. The SMILES string of the molecule is C=NC[C@@]1(c2ccc3c(N)ncnn23)O[C@H](COP(=O)(NCCc2c[nH]c3ccccc23)OCc2ccccc2)[C@@H](O)[C@@H]1C. The van der Waals surface area contributed by atoms with Gasteiger partial charge in [0.15, 0.2) is 5.82 Å². The van der Waals surface area contributed by atoms with E-state index < -0.39 is 31.5 Å². The number of rotatable bonds is 13. The minimum absolute atomic E-state index is 0.0737. The molecule has 6 rings (SSSR count). The first-order valence-electron chi connectivity index (χ1n) is 14.4. The third-order valence-corrected chi connectivity index (χ3v) is 9.85. The quantitative estimate of drug-likeness (QED) is 0.112. The number of benzene rings is 2. The van der Waals surface area contributed by atoms with E-state index >= 15 is 0 Å². The van der Waals surface area contributed by atoms with Crippen LogP contribution in [0, 0.1) is 5.92 Å². The molecule has 5 atom stereocenters. The average Bonchev–Trinajstić information content (AvgIpc) is 3.73. The van der Waals surface area contributed by atoms with Crippen LogP contribution >= 0.6 is 7.75 Å². The molecule has 1 unspecified atom stereocenters. The van der Waals surface area contributed by atoms with E-state index in [1.807, 2.05) is 73.8 Å². The molecule has 44 heavy (non-hydrogen) atoms. The van der Waals surface area contributed by atoms with E-state index in [2.05, 4.69) is 31.9 Å². The molecular weight excluding hydrogens is 581 g/mol. The minimum Gasteiger partial charge on any atom is -0.390 e. The zero-order valence-electron chi connectivity index (χ0n) is 24.4. The van der Waals surface area contributed by atoms with E-state index in [9.17, 15) is 9.67 Å². The fraction of sp³-hybridized carbons (Fsp3) is 0.323. The number of aliphatic imine (C=N–C) groups is 1. The predicted octanol–water partition coefficient (Wildman–Crippen LogP) is 4.26. The zero-order valence-corrected chi connectivity index (χ0v) is 25.3. The molecule has 0 saturated carbocycles. The van der Waals surface area contributed by atoms with Crippen molar-refractivity contribution in [2.45, 2.75) is 37.8 Å². The summed E-state index contributed by atoms with van der Waals surface area (Å²) in [6.45, 7) is 5.90. The lowest BCUT2D eigenvalue weighted by Crippen LogP contribution is -2.38. The number of ether oxygens (including phenoxy) is 1. The normalized spacial score (nSPS) is 23.3. The molecule has 1 aliphatic heterocycles. The maximum atomic E-state index is 14.1. The number of anilines is 1. The zero-order chi connectivity index (χ0) is 30.7. The Kier molecular flexibility index (Phi) is 8.64. The van der Waals surface area contributed by atoms with Gasteiger partial charge in [0.1, 0.15) is 23.5 Å². The highest BCUT2D eigenvalue weighted by molar-refractivity contribution is 7.51. The molecule has 0 aliphatic carbocycles. The molecule has 13 heteroatoms. The van der Waals surface area contributed by atoms with Gasteiger partial charge in [0.25, 0.3) is 0 Å². The first-order valence-corrected chi connectivity index (χ1v) is 16.0. The topological polar surface area (TPSA) is 161 Å². The van der Waals surface area contributed by atoms with Crippen LogP contribution in [0.4, 0.5) is 5.82 Å². The summed E-state index contributed by atoms with van der Waals surface area (Å²) in [6.07, 6.45) is 2.08. The van der Waals surface area contributed by atoms with Crippen LogP contribution in [0.15, 0.2) is 84.2 Å². The molecule has 5 aromatic rings. The van der Waals surface area contributed by atoms with Gasteiger partial charge in [0.05, 0.1) is 31.6 Å². The van der Waals surface area contributed by atoms with Gasteiger partial charge in [-0.15, -0.1) is 0 Å². The van der Waals surface area contributed by atoms with Crippen molar-refractivity contribution in [1.29, 1.82) is 0 Å². The third kappa shape index (κ3) is 5.80. The second-order valence-electron chi connectivity index (χ2n) is 10.9. The summed E-state index contributed by atoms with van der Waals surface area (Å²) in [5.41, 5.74) is 9.18. The molecule has 0 bridgehead atoms. The number of hydrogen-bond acceptors (Lipinski definition) is 9. The molecule has 1 fully saturated rings. The van der Waals surface area contributed by atoms with Crippen LogP contribution in [-0.4, -0.2) is 63.3 Å². The van der Waals surface area contributed by atoms with E-state index in [0.717, 1.165) is 22.0 Å². The Hall–Kier alpha value is -3.90. The lowest BCUT2D eigenvalue weighted by atomic mass is 9.83. The lowest BCUT2D eigenvalue weighted by molar-refractivity contribution is -0.0775. The van der Waals surface area contributed by atoms with Crippen LogP contribution in [-0.2, 0) is 37.0 Å². The van der Waals surface area contributed by atoms with E-state index in [-0.39, 0.29) is 19.8 Å². The fourth-order valence-corrected chi connectivity index (χ4v) is 7.18. The van der Waals surface area contributed by atoms with E-state index in [1.165, 1.54) is 6.33 Å². The molecule has 2 aromatic carbocycles. The number of nitrogens with one attached hydrogen (secondary N) is 2. The molecule has 4 heterocycles. The molecule has 230 valence electrons. The van der Waals surface area contributed by atoms with Crippen molar-refractivity contribution in [2.24, 2.45) is 10.9 Å². The fourth-order valence-electron chi connectivity index (χ4n) is 5.87. The van der Waals surface area contributed by atoms with Gasteiger partial charge >= 0.3 is 7.75 Å². The second-order valence-corrected chi connectivity index (χ2v) is 12.8. The number of fused-ring (bicyclic) bond motifs is 2. The molecule has 1 saturated heterocycles. The Labute approximate surface area is 254 Å². The van der Waals surface area contributed by atoms with E-state index in [1.54, 1.807) is 10.6 Å². The Morgan fingerprint density at radius 3 is 2.80 bits per heavy atom. The van der Waals surface area contributed by atoms with Crippen molar-refractivity contribution < 1.29 is 23.5 Å². The van der Waals surface area contributed by atoms with Gasteiger partial charge < -0.3 is 20.6 Å². The van der Waals surface area contributed by atoms with Gasteiger partial charge in [-0.25, -0.2) is 19.2 Å². The first kappa shape index (κ1) is 30.1. The molecule has 0 spiro atoms. The van der Waals surface area contributed by atoms with Gasteiger partial charge in [-0.2, -0.15) is 5.10 Å². The van der Waals surface area contributed by atoms with Crippen LogP contribution in [0.5, 0.6) is 0 Å². The summed E-state index contributed by atoms with van der Waals surface area (Å²) in [4.78, 5) is 11.5. The number of aliphatic hydroxyl groups excluding tert-OH is 1. The molecule has 5 N–H and O–H groups in total. The molecule has 0 radical (unpaired) electrons. The Bertz CT molecular complexity index is 1790. The molecule has 3 aromatic heterocycles. The van der Waals surface area contributed by atoms with Crippen molar-refractivity contribution in [3.63, 3.8) is 0 Å². The average molecular weight is 618 g/mol. The van der Waals surface area contributed by atoms with Gasteiger partial charge in [-0.1, -0.05) is 55.5 Å². The predicted molar refractivity (Wildman–Crippen MR) is 168 cm³/mol. The highest BCUT2D eigenvalue weighted by Gasteiger charge is 2.55. The highest BCUT2D eigenvalue weighted by Crippen LogP contribution is 2.49. The summed E-state index contributed by atoms with van der Waals surface area (Å²) < 4.78 is 34.2. The van der Waals surface area contributed by atoms with Crippen LogP contribution in [0.3, 0.4) is 0 Å². The molecular formula is C31H36N7O5P. The van der Waals surface area contributed by atoms with Gasteiger partial charge in [-0.05, 0) is 42.5 Å². The number of para-hydroxylation sites is 1. The summed E-state index contributed by atoms with van der Waals surface area (Å²) in [5.74, 6) is -0.135. The number of nitrogens with two attached hydrogens (primary N) is 1. The number of nitrogens with zero attached hydrogens (tertiary/aromatic N) is 4. The van der Waals surface area contributed by atoms with Crippen molar-refractivity contribution >= 4 is 36.7 Å². The maximum absolute atomic E-state index is 14.1. The summed E-state index contributed by atoms with van der Waals surface area (Å²) in [5, 5.41) is 19.8. The van der Waals surface area contributed by atoms with Gasteiger partial charge in [0, 0.05) is 29.6 Å². The largest absolute Gasteiger partial charge is 0.405 e. The molecule has 1 aliphatic rings. The number of aromatic amines is 1. The standard InChI is InChI=1S/C31H36N7O5P/c1-21-29(39)27(43-31(21,19-33-2)28-13-12-26-30(32)35-20-36-38(26)28)18-42-44(40,41-17-22-8-4-3-5-9-22)37-15-14-23-16-34-25-11-7-6-10-24(23)25/h3-13,16,20-21,27,29,34,39H,2,14-15,17-19H2,1H3,(H,37,40)(H2,32,35,36)/t21-,27+,29-,31+,44?/m0/s1. The van der Waals surface area contributed by atoms with Crippen molar-refractivity contribution in [1.82, 2.24) is 24.7 Å². The Morgan fingerprint density at radius 1 is 1.18 bits per heavy atom. The number of hydrogen-bond donors (Lipinski definition) is 4. The molecule has 12 nitrogen and oxygen atoms in total. The summed E-state index contributed by atoms with van der Waals surface area (Å²) in [6, 6.07) is 21.1. The Balaban J connectivity index is 1.20. The number of H-pyrrole nitrogens is 1. The van der Waals surface area contributed by atoms with Crippen molar-refractivity contribution in [2.75, 3.05) is 25.4 Å². The highest BCUT2D eigenvalue weighted by atomic mass is 31.2. The number of aromatic nitrogens is 4. The monoisotopic (exact) mass is 617 g/mol. The third-order valence-electron chi connectivity index (χ3n) is 8.28. The first-order chi connectivity index (χ1) is 21.3. The van der Waals surface area contributed by atoms with Gasteiger partial charge in [-0.3, -0.25) is 14.0 Å². The van der Waals surface area contributed by atoms with E-state index in [0.29, 0.717) is 30.0 Å². The smallest absolute Gasteiger partial charge is 0.390 e. The minimum atomic E-state index is -3.85. The summed E-state index contributed by atoms with van der Waals surface area (Å²) in [7, 11) is -3.85. The van der Waals surface area contributed by atoms with Crippen LogP contribution < -0.4 is 10.8 Å². The van der Waals surface area contributed by atoms with Crippen molar-refractivity contribution in [3.8, 4) is 0 Å². The molecule has 0 amide bonds. The van der Waals surface area contributed by atoms with Crippen LogP contribution in [0.25, 0.3) is 16.4 Å². The van der Waals surface area contributed by atoms with E-state index in [4.69, 9.17) is 19.5 Å². The number of nitrogen functional groups attached to an aromatic ring is 1. The summed E-state index contributed by atoms with van der Waals surface area (Å²) >= 11 is 0. The lowest BCUT2D eigenvalue weighted by Gasteiger charge is -2.31. The van der Waals surface area contributed by atoms with Gasteiger partial charge in [0.2, 0.25) is 0 Å². The van der Waals surface area contributed by atoms with Crippen LogP contribution in [0.1, 0.15) is 23.7 Å². The number of aliphatic hydroxyl groups is 1. The Morgan fingerprint density at radius 2 is 1.98 bits per heavy atom. The van der Waals surface area contributed by atoms with Crippen molar-refractivity contribution in [3.05, 3.63) is 96.1 Å². The maximum Gasteiger partial charge on any atom is 0.405 e.